The molecule has 0 saturated carbocycles. The zero-order valence-electron chi connectivity index (χ0n) is 11.8. The van der Waals surface area contributed by atoms with Gasteiger partial charge in [-0.2, -0.15) is 0 Å². The number of hydrogen-bond acceptors (Lipinski definition) is 3. The van der Waals surface area contributed by atoms with Gasteiger partial charge in [0.15, 0.2) is 0 Å². The molecule has 2 aliphatic rings. The average Bonchev–Trinajstić information content (AvgIpc) is 3.20. The Kier molecular flexibility index (Phi) is 3.04. The minimum absolute atomic E-state index is 0.150. The van der Waals surface area contributed by atoms with Gasteiger partial charge in [0.25, 0.3) is 0 Å². The number of carbonyl (C=O) groups is 1. The van der Waals surface area contributed by atoms with E-state index in [0.717, 1.165) is 31.9 Å². The zero-order valence-corrected chi connectivity index (χ0v) is 11.8. The fraction of sp³-hybridized carbons (Fsp3) is 0.353. The highest BCUT2D eigenvalue weighted by Gasteiger charge is 2.46. The van der Waals surface area contributed by atoms with Crippen LogP contribution in [0.15, 0.2) is 53.3 Å². The predicted molar refractivity (Wildman–Crippen MR) is 79.8 cm³/mol. The van der Waals surface area contributed by atoms with Crippen molar-refractivity contribution in [3.05, 3.63) is 54.5 Å². The second-order valence-corrected chi connectivity index (χ2v) is 5.98. The molecule has 3 heterocycles. The summed E-state index contributed by atoms with van der Waals surface area (Å²) in [6.45, 7) is 3.57. The normalized spacial score (nSPS) is 25.5. The maximum absolute atomic E-state index is 12.6. The lowest BCUT2D eigenvalue weighted by molar-refractivity contribution is -0.120. The van der Waals surface area contributed by atoms with E-state index < -0.39 is 0 Å². The Morgan fingerprint density at radius 1 is 1.10 bits per heavy atom. The molecule has 0 spiro atoms. The van der Waals surface area contributed by atoms with E-state index in [0.29, 0.717) is 5.92 Å². The monoisotopic (exact) mass is 282 g/mol. The number of benzene rings is 1. The van der Waals surface area contributed by atoms with Crippen molar-refractivity contribution in [1.29, 1.82) is 0 Å². The zero-order chi connectivity index (χ0) is 14.2. The molecule has 4 nitrogen and oxygen atoms in total. The molecular formula is C17H18N2O2. The van der Waals surface area contributed by atoms with Crippen LogP contribution in [0.3, 0.4) is 0 Å². The van der Waals surface area contributed by atoms with Crippen LogP contribution in [0.5, 0.6) is 0 Å². The van der Waals surface area contributed by atoms with Gasteiger partial charge in [0.1, 0.15) is 0 Å². The van der Waals surface area contributed by atoms with Crippen LogP contribution in [0.25, 0.3) is 0 Å². The summed E-state index contributed by atoms with van der Waals surface area (Å²) in [5.74, 6) is 0.877. The smallest absolute Gasteiger partial charge is 0.231 e. The number of fused-ring (bicyclic) bond motifs is 1. The van der Waals surface area contributed by atoms with Gasteiger partial charge in [0.05, 0.1) is 18.4 Å². The van der Waals surface area contributed by atoms with Crippen LogP contribution < -0.4 is 4.90 Å². The van der Waals surface area contributed by atoms with Crippen LogP contribution in [0.1, 0.15) is 5.56 Å². The first kappa shape index (κ1) is 12.7. The summed E-state index contributed by atoms with van der Waals surface area (Å²) in [7, 11) is 0. The van der Waals surface area contributed by atoms with Crippen molar-refractivity contribution in [2.45, 2.75) is 6.54 Å². The molecule has 1 amide bonds. The topological polar surface area (TPSA) is 36.7 Å². The van der Waals surface area contributed by atoms with Gasteiger partial charge in [-0.25, -0.2) is 0 Å². The van der Waals surface area contributed by atoms with Gasteiger partial charge in [-0.05, 0) is 18.2 Å². The Labute approximate surface area is 124 Å². The third kappa shape index (κ3) is 2.25. The number of likely N-dealkylation sites (tertiary alicyclic amines) is 1. The Bertz CT molecular complexity index is 624. The van der Waals surface area contributed by atoms with E-state index in [1.807, 2.05) is 41.3 Å². The van der Waals surface area contributed by atoms with E-state index in [9.17, 15) is 4.79 Å². The van der Waals surface area contributed by atoms with Crippen LogP contribution in [0.4, 0.5) is 5.69 Å². The van der Waals surface area contributed by atoms with Gasteiger partial charge in [0, 0.05) is 43.3 Å². The third-order valence-electron chi connectivity index (χ3n) is 4.57. The van der Waals surface area contributed by atoms with Crippen molar-refractivity contribution in [3.8, 4) is 0 Å². The highest BCUT2D eigenvalue weighted by atomic mass is 16.3. The number of amides is 1. The Balaban J connectivity index is 1.45. The summed E-state index contributed by atoms with van der Waals surface area (Å²) in [6.07, 6.45) is 3.49. The molecule has 4 heteroatoms. The number of furan rings is 1. The molecule has 2 saturated heterocycles. The highest BCUT2D eigenvalue weighted by Crippen LogP contribution is 2.35. The van der Waals surface area contributed by atoms with Crippen LogP contribution in [-0.4, -0.2) is 30.4 Å². The SMILES string of the molecule is O=C1[C@H]2CN(Cc3ccoc3)C[C@@H]2CN1c1ccccc1. The molecule has 2 fully saturated rings. The number of rotatable bonds is 3. The van der Waals surface area contributed by atoms with E-state index in [-0.39, 0.29) is 11.8 Å². The van der Waals surface area contributed by atoms with Crippen molar-refractivity contribution in [3.63, 3.8) is 0 Å². The number of carbonyl (C=O) groups excluding carboxylic acids is 1. The minimum Gasteiger partial charge on any atom is -0.472 e. The van der Waals surface area contributed by atoms with Gasteiger partial charge in [0.2, 0.25) is 5.91 Å². The first-order valence-corrected chi connectivity index (χ1v) is 7.41. The fourth-order valence-electron chi connectivity index (χ4n) is 3.56. The Morgan fingerprint density at radius 2 is 1.95 bits per heavy atom. The molecule has 0 bridgehead atoms. The standard InChI is InChI=1S/C17H18N2O2/c20-17-16-11-18(8-13-6-7-21-12-13)9-14(16)10-19(17)15-4-2-1-3-5-15/h1-7,12,14,16H,8-11H2/t14-,16+/m1/s1. The maximum Gasteiger partial charge on any atom is 0.231 e. The van der Waals surface area contributed by atoms with E-state index >= 15 is 0 Å². The van der Waals surface area contributed by atoms with Crippen molar-refractivity contribution in [2.24, 2.45) is 11.8 Å². The van der Waals surface area contributed by atoms with E-state index in [2.05, 4.69) is 4.90 Å². The Hall–Kier alpha value is -2.07. The van der Waals surface area contributed by atoms with Crippen molar-refractivity contribution >= 4 is 11.6 Å². The lowest BCUT2D eigenvalue weighted by Gasteiger charge is -2.21. The first-order chi connectivity index (χ1) is 10.3. The summed E-state index contributed by atoms with van der Waals surface area (Å²) in [6, 6.07) is 12.0. The van der Waals surface area contributed by atoms with E-state index in [4.69, 9.17) is 4.42 Å². The molecule has 1 aromatic carbocycles. The lowest BCUT2D eigenvalue weighted by atomic mass is 10.0. The maximum atomic E-state index is 12.6. The number of para-hydroxylation sites is 1. The summed E-state index contributed by atoms with van der Waals surface area (Å²) >= 11 is 0. The molecular weight excluding hydrogens is 264 g/mol. The van der Waals surface area contributed by atoms with Gasteiger partial charge in [-0.3, -0.25) is 9.69 Å². The molecule has 0 radical (unpaired) electrons. The van der Waals surface area contributed by atoms with Crippen molar-refractivity contribution in [1.82, 2.24) is 4.90 Å². The van der Waals surface area contributed by atoms with Crippen molar-refractivity contribution < 1.29 is 9.21 Å². The predicted octanol–water partition coefficient (Wildman–Crippen LogP) is 2.37. The first-order valence-electron chi connectivity index (χ1n) is 7.41. The molecule has 21 heavy (non-hydrogen) atoms. The number of anilines is 1. The van der Waals surface area contributed by atoms with E-state index in [1.54, 1.807) is 12.5 Å². The second-order valence-electron chi connectivity index (χ2n) is 5.98. The Morgan fingerprint density at radius 3 is 2.67 bits per heavy atom. The molecule has 1 aromatic heterocycles. The van der Waals surface area contributed by atoms with Crippen LogP contribution in [0, 0.1) is 11.8 Å². The molecule has 2 aliphatic heterocycles. The largest absolute Gasteiger partial charge is 0.472 e. The number of nitrogens with zero attached hydrogens (tertiary/aromatic N) is 2. The van der Waals surface area contributed by atoms with Gasteiger partial charge >= 0.3 is 0 Å². The molecule has 2 aromatic rings. The molecule has 0 unspecified atom stereocenters. The van der Waals surface area contributed by atoms with Crippen LogP contribution >= 0.6 is 0 Å². The van der Waals surface area contributed by atoms with Gasteiger partial charge in [-0.15, -0.1) is 0 Å². The lowest BCUT2D eigenvalue weighted by Crippen LogP contribution is -2.32. The minimum atomic E-state index is 0.150. The number of hydrogen-bond donors (Lipinski definition) is 0. The van der Waals surface area contributed by atoms with Gasteiger partial charge in [-0.1, -0.05) is 18.2 Å². The quantitative estimate of drug-likeness (QED) is 0.867. The fourth-order valence-corrected chi connectivity index (χ4v) is 3.56. The molecule has 0 N–H and O–H groups in total. The highest BCUT2D eigenvalue weighted by molar-refractivity contribution is 5.98. The third-order valence-corrected chi connectivity index (χ3v) is 4.57. The molecule has 0 aliphatic carbocycles. The summed E-state index contributed by atoms with van der Waals surface area (Å²) in [5.41, 5.74) is 2.21. The molecule has 108 valence electrons. The second kappa shape index (κ2) is 5.04. The van der Waals surface area contributed by atoms with Crippen LogP contribution in [-0.2, 0) is 11.3 Å². The summed E-state index contributed by atoms with van der Waals surface area (Å²) < 4.78 is 5.11. The molecule has 2 atom stereocenters. The van der Waals surface area contributed by atoms with E-state index in [1.165, 1.54) is 5.56 Å². The average molecular weight is 282 g/mol. The van der Waals surface area contributed by atoms with Crippen LogP contribution in [0.2, 0.25) is 0 Å². The van der Waals surface area contributed by atoms with Crippen molar-refractivity contribution in [2.75, 3.05) is 24.5 Å². The summed E-state index contributed by atoms with van der Waals surface area (Å²) in [4.78, 5) is 16.9. The van der Waals surface area contributed by atoms with Gasteiger partial charge < -0.3 is 9.32 Å². The molecule has 4 rings (SSSR count). The summed E-state index contributed by atoms with van der Waals surface area (Å²) in [5, 5.41) is 0.